The molecule has 0 unspecified atom stereocenters. The van der Waals surface area contributed by atoms with Crippen molar-refractivity contribution in [2.75, 3.05) is 6.54 Å². The van der Waals surface area contributed by atoms with Crippen molar-refractivity contribution in [2.24, 2.45) is 11.7 Å². The van der Waals surface area contributed by atoms with Gasteiger partial charge in [-0.15, -0.1) is 0 Å². The van der Waals surface area contributed by atoms with Crippen LogP contribution in [-0.4, -0.2) is 155 Å². The highest BCUT2D eigenvalue weighted by atomic mass is 16.4. The van der Waals surface area contributed by atoms with Crippen LogP contribution in [0.2, 0.25) is 0 Å². The topological polar surface area (TPSA) is 407 Å². The molecular formula is C36H53N9O16. The first-order valence-corrected chi connectivity index (χ1v) is 19.3. The first-order chi connectivity index (χ1) is 28.6. The molecule has 0 radical (unpaired) electrons. The lowest BCUT2D eigenvalue weighted by Crippen LogP contribution is -2.60. The monoisotopic (exact) mass is 867 g/mol. The normalized spacial score (nSPS) is 16.5. The number of rotatable bonds is 27. The third-order valence-electron chi connectivity index (χ3n) is 9.51. The number of aromatic amines is 1. The number of likely N-dealkylation sites (tertiary alicyclic amines) is 1. The Labute approximate surface area is 347 Å². The van der Waals surface area contributed by atoms with Crippen molar-refractivity contribution < 1.29 is 78.3 Å². The molecule has 0 bridgehead atoms. The van der Waals surface area contributed by atoms with Gasteiger partial charge in [-0.2, -0.15) is 0 Å². The average Bonchev–Trinajstić information content (AvgIpc) is 3.89. The number of carbonyl (C=O) groups excluding carboxylic acids is 6. The number of amides is 6. The van der Waals surface area contributed by atoms with Gasteiger partial charge in [0.05, 0.1) is 12.4 Å². The van der Waals surface area contributed by atoms with Gasteiger partial charge >= 0.3 is 29.8 Å². The highest BCUT2D eigenvalue weighted by Crippen LogP contribution is 2.21. The maximum absolute atomic E-state index is 14.0. The molecule has 0 saturated carbocycles. The van der Waals surface area contributed by atoms with Crippen molar-refractivity contribution in [3.05, 3.63) is 18.2 Å². The van der Waals surface area contributed by atoms with Gasteiger partial charge in [0, 0.05) is 50.5 Å². The van der Waals surface area contributed by atoms with E-state index < -0.39 is 158 Å². The highest BCUT2D eigenvalue weighted by molar-refractivity contribution is 5.97. The largest absolute Gasteiger partial charge is 0.481 e. The second kappa shape index (κ2) is 24.4. The Kier molecular flexibility index (Phi) is 20.2. The Bertz CT molecular complexity index is 1770. The molecule has 25 heteroatoms. The van der Waals surface area contributed by atoms with E-state index in [4.69, 9.17) is 15.9 Å². The van der Waals surface area contributed by atoms with Gasteiger partial charge in [-0.05, 0) is 44.4 Å². The predicted molar refractivity (Wildman–Crippen MR) is 205 cm³/mol. The number of aliphatic carboxylic acids is 5. The Morgan fingerprint density at radius 2 is 1.20 bits per heavy atom. The van der Waals surface area contributed by atoms with E-state index in [0.717, 1.165) is 4.90 Å². The molecule has 1 saturated heterocycles. The summed E-state index contributed by atoms with van der Waals surface area (Å²) in [7, 11) is 0. The summed E-state index contributed by atoms with van der Waals surface area (Å²) in [4.78, 5) is 145. The van der Waals surface area contributed by atoms with Crippen LogP contribution in [-0.2, 0) is 59.2 Å². The summed E-state index contributed by atoms with van der Waals surface area (Å²) in [6, 6.07) is -10.3. The molecule has 6 amide bonds. The molecule has 2 rings (SSSR count). The predicted octanol–water partition coefficient (Wildman–Crippen LogP) is -3.11. The quantitative estimate of drug-likeness (QED) is 0.0416. The van der Waals surface area contributed by atoms with Gasteiger partial charge in [0.25, 0.3) is 0 Å². The van der Waals surface area contributed by atoms with Crippen molar-refractivity contribution in [1.29, 1.82) is 0 Å². The number of carboxylic acid groups (broad SMARTS) is 5. The summed E-state index contributed by atoms with van der Waals surface area (Å²) in [5.41, 5.74) is 6.23. The fourth-order valence-corrected chi connectivity index (χ4v) is 6.20. The molecule has 0 aromatic carbocycles. The maximum atomic E-state index is 14.0. The summed E-state index contributed by atoms with van der Waals surface area (Å²) in [6.07, 6.45) is -1.38. The van der Waals surface area contributed by atoms with Crippen molar-refractivity contribution in [1.82, 2.24) is 41.5 Å². The molecule has 7 atom stereocenters. The third kappa shape index (κ3) is 17.2. The number of hydrogen-bond donors (Lipinski definition) is 12. The van der Waals surface area contributed by atoms with E-state index in [-0.39, 0.29) is 32.2 Å². The first kappa shape index (κ1) is 50.5. The standard InChI is InChI=1S/C36H53N9O16/c1-17(2)29(44-32(56)23(14-18-15-38-16-39-18)43-30(54)19(37)5-9-25(46)47)34(58)41-21(7-11-27(50)51)35(59)45-13-3-4-24(45)33(57)40-20(6-10-26(48)49)31(55)42-22(36(60)61)8-12-28(52)53/h15-17,19-24,29H,3-14,37H2,1-2H3,(H,38,39)(H,40,57)(H,41,58)(H,42,55)(H,43,54)(H,44,56)(H,46,47)(H,48,49)(H,50,51)(H,52,53)(H,60,61)/t19-,20-,21-,22-,23-,24-,29-/m0/s1. The van der Waals surface area contributed by atoms with Gasteiger partial charge in [-0.25, -0.2) is 9.78 Å². The zero-order valence-corrected chi connectivity index (χ0v) is 33.5. The molecule has 0 aliphatic carbocycles. The smallest absolute Gasteiger partial charge is 0.326 e. The van der Waals surface area contributed by atoms with Gasteiger partial charge < -0.3 is 67.7 Å². The number of nitrogens with one attached hydrogen (secondary N) is 6. The van der Waals surface area contributed by atoms with E-state index in [1.165, 1.54) is 12.5 Å². The Balaban J connectivity index is 2.31. The molecule has 13 N–H and O–H groups in total. The molecule has 1 fully saturated rings. The van der Waals surface area contributed by atoms with Gasteiger partial charge in [-0.1, -0.05) is 13.8 Å². The van der Waals surface area contributed by atoms with Crippen LogP contribution in [0.3, 0.4) is 0 Å². The van der Waals surface area contributed by atoms with E-state index in [9.17, 15) is 68.1 Å². The van der Waals surface area contributed by atoms with Crippen LogP contribution >= 0.6 is 0 Å². The molecule has 61 heavy (non-hydrogen) atoms. The van der Waals surface area contributed by atoms with Gasteiger partial charge in [0.15, 0.2) is 0 Å². The molecule has 25 nitrogen and oxygen atoms in total. The average molecular weight is 868 g/mol. The number of aromatic nitrogens is 2. The van der Waals surface area contributed by atoms with Crippen molar-refractivity contribution in [2.45, 2.75) is 127 Å². The molecule has 1 aromatic rings. The van der Waals surface area contributed by atoms with Crippen LogP contribution < -0.4 is 32.3 Å². The first-order valence-electron chi connectivity index (χ1n) is 19.3. The van der Waals surface area contributed by atoms with Crippen LogP contribution in [0.5, 0.6) is 0 Å². The molecule has 1 aliphatic heterocycles. The van der Waals surface area contributed by atoms with E-state index >= 15 is 0 Å². The summed E-state index contributed by atoms with van der Waals surface area (Å²) >= 11 is 0. The van der Waals surface area contributed by atoms with Crippen LogP contribution in [0.15, 0.2) is 12.5 Å². The van der Waals surface area contributed by atoms with Gasteiger partial charge in [0.2, 0.25) is 35.4 Å². The minimum atomic E-state index is -1.70. The molecular weight excluding hydrogens is 814 g/mol. The Morgan fingerprint density at radius 1 is 0.689 bits per heavy atom. The Morgan fingerprint density at radius 3 is 1.72 bits per heavy atom. The summed E-state index contributed by atoms with van der Waals surface area (Å²) < 4.78 is 0. The number of carbonyl (C=O) groups is 11. The minimum Gasteiger partial charge on any atom is -0.481 e. The zero-order chi connectivity index (χ0) is 46.0. The van der Waals surface area contributed by atoms with Crippen LogP contribution in [0.4, 0.5) is 0 Å². The molecule has 0 spiro atoms. The lowest BCUT2D eigenvalue weighted by molar-refractivity contribution is -0.145. The van der Waals surface area contributed by atoms with Gasteiger partial charge in [-0.3, -0.25) is 47.9 Å². The SMILES string of the molecule is CC(C)[C@H](NC(=O)[C@H](Cc1cnc[nH]1)NC(=O)[C@@H](N)CCC(=O)O)C(=O)N[C@@H](CCC(=O)O)C(=O)N1CCC[C@H]1C(=O)N[C@@H](CCC(=O)O)C(=O)N[C@@H](CCC(=O)O)C(=O)O. The number of imidazole rings is 1. The summed E-state index contributed by atoms with van der Waals surface area (Å²) in [6.45, 7) is 3.02. The zero-order valence-electron chi connectivity index (χ0n) is 33.5. The number of nitrogens with zero attached hydrogens (tertiary/aromatic N) is 2. The maximum Gasteiger partial charge on any atom is 0.326 e. The second-order valence-electron chi connectivity index (χ2n) is 14.6. The number of carboxylic acids is 5. The number of nitrogens with two attached hydrogens (primary N) is 1. The summed E-state index contributed by atoms with van der Waals surface area (Å²) in [5.74, 6) is -13.2. The molecule has 338 valence electrons. The highest BCUT2D eigenvalue weighted by Gasteiger charge is 2.40. The molecule has 2 heterocycles. The number of hydrogen-bond acceptors (Lipinski definition) is 13. The van der Waals surface area contributed by atoms with Crippen LogP contribution in [0.1, 0.15) is 83.7 Å². The third-order valence-corrected chi connectivity index (χ3v) is 9.51. The number of H-pyrrole nitrogens is 1. The van der Waals surface area contributed by atoms with Crippen molar-refractivity contribution in [3.8, 4) is 0 Å². The van der Waals surface area contributed by atoms with E-state index in [1.54, 1.807) is 13.8 Å². The van der Waals surface area contributed by atoms with E-state index in [2.05, 4.69) is 36.6 Å². The lowest BCUT2D eigenvalue weighted by Gasteiger charge is -2.31. The van der Waals surface area contributed by atoms with Crippen molar-refractivity contribution in [3.63, 3.8) is 0 Å². The minimum absolute atomic E-state index is 0.00881. The second-order valence-corrected chi connectivity index (χ2v) is 14.6. The van der Waals surface area contributed by atoms with E-state index in [0.29, 0.717) is 5.69 Å². The fourth-order valence-electron chi connectivity index (χ4n) is 6.20. The Hall–Kier alpha value is -6.66. The van der Waals surface area contributed by atoms with Crippen LogP contribution in [0.25, 0.3) is 0 Å². The van der Waals surface area contributed by atoms with Crippen molar-refractivity contribution >= 4 is 65.3 Å². The molecule has 1 aliphatic rings. The van der Waals surface area contributed by atoms with Gasteiger partial charge in [0.1, 0.15) is 36.3 Å². The summed E-state index contributed by atoms with van der Waals surface area (Å²) in [5, 5.41) is 57.9. The fraction of sp³-hybridized carbons (Fsp3) is 0.611. The molecule has 1 aromatic heterocycles. The van der Waals surface area contributed by atoms with E-state index in [1.807, 2.05) is 0 Å². The lowest BCUT2D eigenvalue weighted by atomic mass is 10.0. The van der Waals surface area contributed by atoms with Crippen LogP contribution in [0, 0.1) is 5.92 Å².